The molecule has 0 radical (unpaired) electrons. The summed E-state index contributed by atoms with van der Waals surface area (Å²) in [5.74, 6) is 0. The zero-order valence-corrected chi connectivity index (χ0v) is 9.50. The highest BCUT2D eigenvalue weighted by molar-refractivity contribution is 5.67. The maximum absolute atomic E-state index is 11.0. The number of carbonyl (C=O) groups is 1. The Balaban J connectivity index is 3.23. The molecular formula is C10H21NO3. The van der Waals surface area contributed by atoms with Crippen molar-refractivity contribution in [1.82, 2.24) is 5.32 Å². The topological polar surface area (TPSA) is 47.6 Å². The molecule has 0 aliphatic rings. The van der Waals surface area contributed by atoms with Crippen LogP contribution in [0.15, 0.2) is 0 Å². The van der Waals surface area contributed by atoms with Crippen molar-refractivity contribution in [3.05, 3.63) is 0 Å². The minimum absolute atomic E-state index is 0.0677. The van der Waals surface area contributed by atoms with Gasteiger partial charge >= 0.3 is 6.09 Å². The van der Waals surface area contributed by atoms with E-state index in [9.17, 15) is 4.79 Å². The van der Waals surface area contributed by atoms with Gasteiger partial charge in [-0.1, -0.05) is 0 Å². The van der Waals surface area contributed by atoms with Gasteiger partial charge in [-0.2, -0.15) is 0 Å². The molecule has 1 amide bonds. The molecule has 4 heteroatoms. The molecule has 0 spiro atoms. The average molecular weight is 203 g/mol. The molecule has 0 saturated heterocycles. The number of nitrogens with one attached hydrogen (secondary N) is 1. The molecule has 0 heterocycles. The van der Waals surface area contributed by atoms with Gasteiger partial charge in [0.25, 0.3) is 0 Å². The van der Waals surface area contributed by atoms with Gasteiger partial charge in [-0.05, 0) is 34.1 Å². The molecule has 0 atom stereocenters. The first-order valence-electron chi connectivity index (χ1n) is 5.08. The van der Waals surface area contributed by atoms with Crippen LogP contribution in [0, 0.1) is 0 Å². The first-order valence-corrected chi connectivity index (χ1v) is 5.08. The fraction of sp³-hybridized carbons (Fsp3) is 0.900. The normalized spacial score (nSPS) is 10.7. The molecule has 4 nitrogen and oxygen atoms in total. The fourth-order valence-corrected chi connectivity index (χ4v) is 0.837. The lowest BCUT2D eigenvalue weighted by molar-refractivity contribution is 0.0757. The van der Waals surface area contributed by atoms with Crippen molar-refractivity contribution in [3.63, 3.8) is 0 Å². The monoisotopic (exact) mass is 203 g/mol. The molecule has 0 aromatic carbocycles. The van der Waals surface area contributed by atoms with Crippen molar-refractivity contribution < 1.29 is 14.3 Å². The number of hydrogen-bond acceptors (Lipinski definition) is 3. The summed E-state index contributed by atoms with van der Waals surface area (Å²) in [5.41, 5.74) is 0. The van der Waals surface area contributed by atoms with Crippen LogP contribution >= 0.6 is 0 Å². The summed E-state index contributed by atoms with van der Waals surface area (Å²) in [6.07, 6.45) is 0.634. The number of amides is 1. The molecule has 14 heavy (non-hydrogen) atoms. The van der Waals surface area contributed by atoms with E-state index in [1.54, 1.807) is 0 Å². The van der Waals surface area contributed by atoms with Crippen molar-refractivity contribution >= 4 is 6.09 Å². The molecule has 0 aromatic heterocycles. The van der Waals surface area contributed by atoms with Crippen molar-refractivity contribution in [2.45, 2.75) is 46.3 Å². The Labute approximate surface area is 86.0 Å². The van der Waals surface area contributed by atoms with Gasteiger partial charge in [0.15, 0.2) is 0 Å². The molecular weight excluding hydrogens is 182 g/mol. The Kier molecular flexibility index (Phi) is 7.20. The minimum atomic E-state index is -0.357. The van der Waals surface area contributed by atoms with Crippen molar-refractivity contribution in [2.24, 2.45) is 0 Å². The average Bonchev–Trinajstić information content (AvgIpc) is 2.01. The zero-order chi connectivity index (χ0) is 11.0. The number of hydrogen-bond donors (Lipinski definition) is 1. The van der Waals surface area contributed by atoms with Crippen molar-refractivity contribution in [3.8, 4) is 0 Å². The highest BCUT2D eigenvalue weighted by Crippen LogP contribution is 1.91. The van der Waals surface area contributed by atoms with Crippen molar-refractivity contribution in [2.75, 3.05) is 13.2 Å². The molecule has 0 aliphatic heterocycles. The van der Waals surface area contributed by atoms with Crippen LogP contribution < -0.4 is 5.32 Å². The smallest absolute Gasteiger partial charge is 0.407 e. The second-order valence-corrected chi connectivity index (χ2v) is 3.65. The van der Waals surface area contributed by atoms with E-state index in [-0.39, 0.29) is 18.3 Å². The highest BCUT2D eigenvalue weighted by atomic mass is 16.6. The predicted octanol–water partition coefficient (Wildman–Crippen LogP) is 1.94. The second kappa shape index (κ2) is 7.62. The van der Waals surface area contributed by atoms with E-state index in [4.69, 9.17) is 9.47 Å². The Bertz CT molecular complexity index is 157. The van der Waals surface area contributed by atoms with E-state index in [0.29, 0.717) is 13.2 Å². The molecule has 0 aliphatic carbocycles. The summed E-state index contributed by atoms with van der Waals surface area (Å²) < 4.78 is 10.2. The highest BCUT2D eigenvalue weighted by Gasteiger charge is 2.02. The Hall–Kier alpha value is -0.770. The van der Waals surface area contributed by atoms with Crippen LogP contribution in [0.4, 0.5) is 4.79 Å². The Morgan fingerprint density at radius 3 is 2.36 bits per heavy atom. The number of rotatable bonds is 6. The largest absolute Gasteiger partial charge is 0.447 e. The molecule has 0 saturated carbocycles. The predicted molar refractivity (Wildman–Crippen MR) is 55.3 cm³/mol. The van der Waals surface area contributed by atoms with Gasteiger partial charge in [-0.3, -0.25) is 0 Å². The lowest BCUT2D eigenvalue weighted by Gasteiger charge is -2.10. The summed E-state index contributed by atoms with van der Waals surface area (Å²) in [6, 6.07) is 0. The van der Waals surface area contributed by atoms with Crippen molar-refractivity contribution in [1.29, 1.82) is 0 Å². The number of ether oxygens (including phenoxy) is 2. The van der Waals surface area contributed by atoms with E-state index in [2.05, 4.69) is 5.32 Å². The molecule has 1 N–H and O–H groups in total. The van der Waals surface area contributed by atoms with Gasteiger partial charge in [0.05, 0.1) is 12.2 Å². The summed E-state index contributed by atoms with van der Waals surface area (Å²) in [7, 11) is 0. The maximum atomic E-state index is 11.0. The third kappa shape index (κ3) is 9.32. The zero-order valence-electron chi connectivity index (χ0n) is 9.50. The third-order valence-electron chi connectivity index (χ3n) is 1.38. The fourth-order valence-electron chi connectivity index (χ4n) is 0.837. The number of carbonyl (C=O) groups excluding carboxylic acids is 1. The van der Waals surface area contributed by atoms with E-state index in [0.717, 1.165) is 6.42 Å². The van der Waals surface area contributed by atoms with E-state index < -0.39 is 0 Å². The molecule has 0 rings (SSSR count). The van der Waals surface area contributed by atoms with Gasteiger partial charge in [0, 0.05) is 13.2 Å². The molecule has 0 aromatic rings. The number of alkyl carbamates (subject to hydrolysis) is 1. The SMILES string of the molecule is CC(C)OCCCNC(=O)OC(C)C. The second-order valence-electron chi connectivity index (χ2n) is 3.65. The minimum Gasteiger partial charge on any atom is -0.447 e. The summed E-state index contributed by atoms with van der Waals surface area (Å²) in [5, 5.41) is 2.65. The van der Waals surface area contributed by atoms with Gasteiger partial charge in [-0.15, -0.1) is 0 Å². The molecule has 0 unspecified atom stereocenters. The van der Waals surface area contributed by atoms with Crippen LogP contribution in [0.5, 0.6) is 0 Å². The van der Waals surface area contributed by atoms with E-state index in [1.165, 1.54) is 0 Å². The molecule has 0 fully saturated rings. The summed E-state index contributed by atoms with van der Waals surface area (Å²) in [4.78, 5) is 11.0. The standard InChI is InChI=1S/C10H21NO3/c1-8(2)13-7-5-6-11-10(12)14-9(3)4/h8-9H,5-7H2,1-4H3,(H,11,12). The van der Waals surface area contributed by atoms with Gasteiger partial charge in [0.1, 0.15) is 0 Å². The van der Waals surface area contributed by atoms with Crippen LogP contribution in [0.2, 0.25) is 0 Å². The molecule has 0 bridgehead atoms. The first kappa shape index (κ1) is 13.2. The van der Waals surface area contributed by atoms with E-state index >= 15 is 0 Å². The van der Waals surface area contributed by atoms with Crippen LogP contribution in [0.3, 0.4) is 0 Å². The molecule has 84 valence electrons. The van der Waals surface area contributed by atoms with Gasteiger partial charge in [0.2, 0.25) is 0 Å². The van der Waals surface area contributed by atoms with Crippen LogP contribution in [-0.4, -0.2) is 31.5 Å². The van der Waals surface area contributed by atoms with Crippen LogP contribution in [-0.2, 0) is 9.47 Å². The quantitative estimate of drug-likeness (QED) is 0.671. The summed E-state index contributed by atoms with van der Waals surface area (Å²) >= 11 is 0. The Morgan fingerprint density at radius 2 is 1.86 bits per heavy atom. The van der Waals surface area contributed by atoms with Gasteiger partial charge in [-0.25, -0.2) is 4.79 Å². The van der Waals surface area contributed by atoms with Crippen LogP contribution in [0.25, 0.3) is 0 Å². The van der Waals surface area contributed by atoms with Gasteiger partial charge < -0.3 is 14.8 Å². The lowest BCUT2D eigenvalue weighted by Crippen LogP contribution is -2.28. The lowest BCUT2D eigenvalue weighted by atomic mass is 10.4. The maximum Gasteiger partial charge on any atom is 0.407 e. The Morgan fingerprint density at radius 1 is 1.21 bits per heavy atom. The third-order valence-corrected chi connectivity index (χ3v) is 1.38. The van der Waals surface area contributed by atoms with Crippen LogP contribution in [0.1, 0.15) is 34.1 Å². The first-order chi connectivity index (χ1) is 6.52. The van der Waals surface area contributed by atoms with E-state index in [1.807, 2.05) is 27.7 Å². The summed E-state index contributed by atoms with van der Waals surface area (Å²) in [6.45, 7) is 8.88.